The van der Waals surface area contributed by atoms with E-state index in [0.29, 0.717) is 21.8 Å². The third-order valence-corrected chi connectivity index (χ3v) is 8.61. The maximum absolute atomic E-state index is 12.9. The van der Waals surface area contributed by atoms with Gasteiger partial charge in [-0.2, -0.15) is 4.37 Å². The minimum absolute atomic E-state index is 0.0751. The molecule has 0 unspecified atom stereocenters. The van der Waals surface area contributed by atoms with Gasteiger partial charge in [0.15, 0.2) is 0 Å². The summed E-state index contributed by atoms with van der Waals surface area (Å²) < 4.78 is 10.2. The van der Waals surface area contributed by atoms with Crippen molar-refractivity contribution in [3.8, 4) is 32.8 Å². The highest BCUT2D eigenvalue weighted by Gasteiger charge is 2.38. The highest BCUT2D eigenvalue weighted by Crippen LogP contribution is 2.48. The molecule has 1 heterocycles. The normalized spacial score (nSPS) is 13.6. The molecule has 0 saturated heterocycles. The molecule has 1 saturated carbocycles. The van der Waals surface area contributed by atoms with E-state index in [4.69, 9.17) is 20.7 Å². The predicted octanol–water partition coefficient (Wildman–Crippen LogP) is 9.60. The summed E-state index contributed by atoms with van der Waals surface area (Å²) in [4.78, 5) is 13.8. The van der Waals surface area contributed by atoms with Crippen molar-refractivity contribution < 1.29 is 9.53 Å². The van der Waals surface area contributed by atoms with Crippen LogP contribution < -0.4 is 5.32 Å². The van der Waals surface area contributed by atoms with E-state index in [0.717, 1.165) is 27.1 Å². The van der Waals surface area contributed by atoms with Gasteiger partial charge in [-0.1, -0.05) is 116 Å². The summed E-state index contributed by atoms with van der Waals surface area (Å²) in [6, 6.07) is 34.4. The number of nitrogens with one attached hydrogen (secondary N) is 1. The molecule has 6 rings (SSSR count). The number of carbonyl (C=O) groups excluding carboxylic acids is 1. The first-order valence-electron chi connectivity index (χ1n) is 12.9. The van der Waals surface area contributed by atoms with Crippen molar-refractivity contribution in [1.29, 1.82) is 0 Å². The van der Waals surface area contributed by atoms with Gasteiger partial charge < -0.3 is 4.74 Å². The molecule has 0 radical (unpaired) electrons. The number of amides is 1. The summed E-state index contributed by atoms with van der Waals surface area (Å²) in [5, 5.41) is 3.52. The van der Waals surface area contributed by atoms with Crippen LogP contribution in [0.1, 0.15) is 30.9 Å². The molecule has 4 aromatic carbocycles. The Labute approximate surface area is 237 Å². The number of carbonyl (C=O) groups is 1. The van der Waals surface area contributed by atoms with E-state index in [-0.39, 0.29) is 6.61 Å². The largest absolute Gasteiger partial charge is 0.444 e. The second-order valence-corrected chi connectivity index (χ2v) is 11.3. The Kier molecular flexibility index (Phi) is 6.94. The molecule has 194 valence electrons. The van der Waals surface area contributed by atoms with E-state index in [9.17, 15) is 4.79 Å². The number of anilines is 1. The van der Waals surface area contributed by atoms with Crippen molar-refractivity contribution in [2.45, 2.75) is 31.8 Å². The van der Waals surface area contributed by atoms with E-state index in [1.165, 1.54) is 35.5 Å². The first kappa shape index (κ1) is 25.4. The fourth-order valence-electron chi connectivity index (χ4n) is 4.65. The molecular formula is C33H27ClN2O2S. The van der Waals surface area contributed by atoms with Crippen molar-refractivity contribution in [3.05, 3.63) is 119 Å². The molecule has 1 amide bonds. The van der Waals surface area contributed by atoms with Crippen LogP contribution in [-0.2, 0) is 16.8 Å². The Hall–Kier alpha value is -3.93. The van der Waals surface area contributed by atoms with Crippen molar-refractivity contribution in [2.75, 3.05) is 5.32 Å². The van der Waals surface area contributed by atoms with Gasteiger partial charge in [0.05, 0.1) is 10.6 Å². The third kappa shape index (κ3) is 5.47. The molecule has 0 spiro atoms. The van der Waals surface area contributed by atoms with Gasteiger partial charge in [-0.05, 0) is 58.1 Å². The molecule has 0 aliphatic heterocycles. The predicted molar refractivity (Wildman–Crippen MR) is 160 cm³/mol. The SMILES string of the molecule is CC1(c2ccc(-c3ccc(-c4snc(-c5ccccc5)c4NC(=O)OCc4ccccc4Cl)cc3)cc2)CC1. The molecule has 1 aliphatic carbocycles. The van der Waals surface area contributed by atoms with E-state index >= 15 is 0 Å². The molecule has 1 N–H and O–H groups in total. The maximum atomic E-state index is 12.9. The van der Waals surface area contributed by atoms with Gasteiger partial charge in [0, 0.05) is 16.1 Å². The number of hydrogen-bond acceptors (Lipinski definition) is 4. The Morgan fingerprint density at radius 1 is 0.846 bits per heavy atom. The lowest BCUT2D eigenvalue weighted by atomic mass is 9.95. The Bertz CT molecular complexity index is 1610. The first-order valence-corrected chi connectivity index (χ1v) is 14.1. The van der Waals surface area contributed by atoms with Crippen LogP contribution in [0.2, 0.25) is 5.02 Å². The third-order valence-electron chi connectivity index (χ3n) is 7.35. The highest BCUT2D eigenvalue weighted by atomic mass is 35.5. The van der Waals surface area contributed by atoms with Crippen molar-refractivity contribution in [3.63, 3.8) is 0 Å². The number of ether oxygens (including phenoxy) is 1. The second-order valence-electron chi connectivity index (χ2n) is 10.1. The van der Waals surface area contributed by atoms with E-state index in [2.05, 4.69) is 60.8 Å². The fourth-order valence-corrected chi connectivity index (χ4v) is 5.70. The van der Waals surface area contributed by atoms with Gasteiger partial charge in [0.2, 0.25) is 0 Å². The van der Waals surface area contributed by atoms with Gasteiger partial charge in [-0.3, -0.25) is 5.32 Å². The molecule has 0 atom stereocenters. The molecular weight excluding hydrogens is 524 g/mol. The van der Waals surface area contributed by atoms with Gasteiger partial charge in [0.1, 0.15) is 12.3 Å². The average Bonchev–Trinajstić information content (AvgIpc) is 3.60. The summed E-state index contributed by atoms with van der Waals surface area (Å²) in [5.74, 6) is 0. The zero-order valence-corrected chi connectivity index (χ0v) is 23.1. The average molecular weight is 551 g/mol. The molecule has 39 heavy (non-hydrogen) atoms. The maximum Gasteiger partial charge on any atom is 0.412 e. The molecule has 1 fully saturated rings. The van der Waals surface area contributed by atoms with Crippen LogP contribution in [0.15, 0.2) is 103 Å². The van der Waals surface area contributed by atoms with Gasteiger partial charge in [-0.25, -0.2) is 4.79 Å². The number of aromatic nitrogens is 1. The van der Waals surface area contributed by atoms with Crippen molar-refractivity contribution in [1.82, 2.24) is 4.37 Å². The molecule has 6 heteroatoms. The molecule has 5 aromatic rings. The van der Waals surface area contributed by atoms with Crippen LogP contribution in [0.25, 0.3) is 32.8 Å². The number of halogens is 1. The smallest absolute Gasteiger partial charge is 0.412 e. The van der Waals surface area contributed by atoms with Crippen molar-refractivity contribution in [2.24, 2.45) is 0 Å². The Morgan fingerprint density at radius 2 is 1.46 bits per heavy atom. The summed E-state index contributed by atoms with van der Waals surface area (Å²) in [6.45, 7) is 2.40. The van der Waals surface area contributed by atoms with Crippen LogP contribution in [0.3, 0.4) is 0 Å². The van der Waals surface area contributed by atoms with Crippen LogP contribution in [-0.4, -0.2) is 10.5 Å². The topological polar surface area (TPSA) is 51.2 Å². The molecule has 1 aliphatic rings. The summed E-state index contributed by atoms with van der Waals surface area (Å²) >= 11 is 7.58. The summed E-state index contributed by atoms with van der Waals surface area (Å²) in [7, 11) is 0. The van der Waals surface area contributed by atoms with Gasteiger partial charge >= 0.3 is 6.09 Å². The number of benzene rings is 4. The minimum Gasteiger partial charge on any atom is -0.444 e. The van der Waals surface area contributed by atoms with Crippen LogP contribution in [0.4, 0.5) is 10.5 Å². The minimum atomic E-state index is -0.561. The van der Waals surface area contributed by atoms with Crippen LogP contribution in [0.5, 0.6) is 0 Å². The fraction of sp³-hybridized carbons (Fsp3) is 0.152. The Morgan fingerprint density at radius 3 is 2.13 bits per heavy atom. The highest BCUT2D eigenvalue weighted by molar-refractivity contribution is 7.10. The molecule has 1 aromatic heterocycles. The van der Waals surface area contributed by atoms with Gasteiger partial charge in [-0.15, -0.1) is 0 Å². The lowest BCUT2D eigenvalue weighted by Crippen LogP contribution is -2.14. The quantitative estimate of drug-likeness (QED) is 0.219. The van der Waals surface area contributed by atoms with Gasteiger partial charge in [0.25, 0.3) is 0 Å². The lowest BCUT2D eigenvalue weighted by molar-refractivity contribution is 0.155. The van der Waals surface area contributed by atoms with Crippen LogP contribution in [0, 0.1) is 0 Å². The number of rotatable bonds is 7. The second kappa shape index (κ2) is 10.7. The van der Waals surface area contributed by atoms with E-state index in [1.807, 2.05) is 48.5 Å². The van der Waals surface area contributed by atoms with Crippen molar-refractivity contribution >= 4 is 34.9 Å². The summed E-state index contributed by atoms with van der Waals surface area (Å²) in [6.07, 6.45) is 1.98. The molecule has 0 bridgehead atoms. The number of hydrogen-bond donors (Lipinski definition) is 1. The van der Waals surface area contributed by atoms with E-state index < -0.39 is 6.09 Å². The first-order chi connectivity index (χ1) is 19.0. The zero-order chi connectivity index (χ0) is 26.8. The monoisotopic (exact) mass is 550 g/mol. The molecule has 4 nitrogen and oxygen atoms in total. The lowest BCUT2D eigenvalue weighted by Gasteiger charge is -2.12. The zero-order valence-electron chi connectivity index (χ0n) is 21.5. The van der Waals surface area contributed by atoms with Crippen LogP contribution >= 0.6 is 23.1 Å². The number of nitrogens with zero attached hydrogens (tertiary/aromatic N) is 1. The van der Waals surface area contributed by atoms with E-state index in [1.54, 1.807) is 6.07 Å². The summed E-state index contributed by atoms with van der Waals surface area (Å²) in [5.41, 5.74) is 8.09. The standard InChI is InChI=1S/C33H27ClN2O2S/c1-33(19-20-33)27-17-15-23(16-18-27)22-11-13-25(14-12-22)31-30(29(36-39-31)24-7-3-2-4-8-24)35-32(37)38-21-26-9-5-6-10-28(26)34/h2-18H,19-21H2,1H3,(H,35,37). The Balaban J connectivity index is 1.26.